The van der Waals surface area contributed by atoms with E-state index in [-0.39, 0.29) is 0 Å². The Balaban J connectivity index is 2.09. The molecular formula is C13H23N3. The molecule has 1 aromatic heterocycles. The lowest BCUT2D eigenvalue weighted by Crippen LogP contribution is -2.26. The third kappa shape index (κ3) is 2.14. The van der Waals surface area contributed by atoms with E-state index in [2.05, 4.69) is 35.9 Å². The van der Waals surface area contributed by atoms with E-state index in [9.17, 15) is 0 Å². The Kier molecular flexibility index (Phi) is 3.64. The van der Waals surface area contributed by atoms with Crippen LogP contribution in [0, 0.1) is 11.8 Å². The second-order valence-electron chi connectivity index (χ2n) is 5.01. The average molecular weight is 221 g/mol. The summed E-state index contributed by atoms with van der Waals surface area (Å²) in [6.07, 6.45) is 9.35. The molecule has 0 aliphatic heterocycles. The minimum atomic E-state index is 0.427. The highest BCUT2D eigenvalue weighted by atomic mass is 15.1. The maximum absolute atomic E-state index is 4.48. The number of aromatic nitrogens is 2. The van der Waals surface area contributed by atoms with Gasteiger partial charge in [0, 0.05) is 19.4 Å². The van der Waals surface area contributed by atoms with E-state index in [1.54, 1.807) is 0 Å². The van der Waals surface area contributed by atoms with Gasteiger partial charge in [0.2, 0.25) is 0 Å². The van der Waals surface area contributed by atoms with Gasteiger partial charge in [-0.05, 0) is 31.7 Å². The van der Waals surface area contributed by atoms with Crippen molar-refractivity contribution >= 4 is 0 Å². The molecular weight excluding hydrogens is 198 g/mol. The van der Waals surface area contributed by atoms with Crippen molar-refractivity contribution in [3.63, 3.8) is 0 Å². The van der Waals surface area contributed by atoms with Crippen molar-refractivity contribution in [3.8, 4) is 0 Å². The van der Waals surface area contributed by atoms with E-state index in [4.69, 9.17) is 0 Å². The molecule has 0 bridgehead atoms. The van der Waals surface area contributed by atoms with Crippen LogP contribution in [0.1, 0.15) is 44.5 Å². The van der Waals surface area contributed by atoms with Gasteiger partial charge in [-0.1, -0.05) is 19.8 Å². The summed E-state index contributed by atoms with van der Waals surface area (Å²) in [5.41, 5.74) is 0. The van der Waals surface area contributed by atoms with E-state index in [1.165, 1.54) is 31.5 Å². The molecule has 1 aliphatic rings. The minimum Gasteiger partial charge on any atom is -0.337 e. The summed E-state index contributed by atoms with van der Waals surface area (Å²) in [6, 6.07) is 0.427. The first-order chi connectivity index (χ1) is 7.76. The third-order valence-electron chi connectivity index (χ3n) is 4.08. The zero-order valence-electron chi connectivity index (χ0n) is 10.6. The molecule has 3 heteroatoms. The molecule has 0 amide bonds. The first-order valence-electron chi connectivity index (χ1n) is 6.40. The van der Waals surface area contributed by atoms with Crippen molar-refractivity contribution in [2.45, 2.75) is 38.6 Å². The Hall–Kier alpha value is -0.830. The molecule has 1 heterocycles. The first-order valence-corrected chi connectivity index (χ1v) is 6.40. The molecule has 1 fully saturated rings. The number of rotatable bonds is 4. The zero-order chi connectivity index (χ0) is 11.5. The topological polar surface area (TPSA) is 29.9 Å². The smallest absolute Gasteiger partial charge is 0.125 e. The van der Waals surface area contributed by atoms with E-state index >= 15 is 0 Å². The van der Waals surface area contributed by atoms with Gasteiger partial charge in [0.15, 0.2) is 0 Å². The molecule has 1 aliphatic carbocycles. The fraction of sp³-hybridized carbons (Fsp3) is 0.769. The number of hydrogen-bond donors (Lipinski definition) is 1. The van der Waals surface area contributed by atoms with E-state index in [1.807, 2.05) is 12.4 Å². The summed E-state index contributed by atoms with van der Waals surface area (Å²) in [4.78, 5) is 4.48. The SMILES string of the molecule is CCC1CCC(C(NC)c2nccn2C)C1. The maximum Gasteiger partial charge on any atom is 0.125 e. The monoisotopic (exact) mass is 221 g/mol. The average Bonchev–Trinajstić information content (AvgIpc) is 2.90. The molecule has 0 saturated heterocycles. The Bertz CT molecular complexity index is 332. The Morgan fingerprint density at radius 2 is 2.38 bits per heavy atom. The quantitative estimate of drug-likeness (QED) is 0.846. The van der Waals surface area contributed by atoms with Crippen molar-refractivity contribution in [2.75, 3.05) is 7.05 Å². The second-order valence-corrected chi connectivity index (χ2v) is 5.01. The van der Waals surface area contributed by atoms with Crippen LogP contribution in [0.25, 0.3) is 0 Å². The summed E-state index contributed by atoms with van der Waals surface area (Å²) in [5, 5.41) is 3.45. The normalized spacial score (nSPS) is 27.2. The lowest BCUT2D eigenvalue weighted by atomic mass is 9.95. The van der Waals surface area contributed by atoms with Crippen LogP contribution in [0.3, 0.4) is 0 Å². The third-order valence-corrected chi connectivity index (χ3v) is 4.08. The predicted molar refractivity (Wildman–Crippen MR) is 66.1 cm³/mol. The zero-order valence-corrected chi connectivity index (χ0v) is 10.6. The van der Waals surface area contributed by atoms with Gasteiger partial charge >= 0.3 is 0 Å². The summed E-state index contributed by atoms with van der Waals surface area (Å²) >= 11 is 0. The molecule has 0 radical (unpaired) electrons. The highest BCUT2D eigenvalue weighted by Crippen LogP contribution is 2.39. The van der Waals surface area contributed by atoms with Crippen LogP contribution in [0.2, 0.25) is 0 Å². The van der Waals surface area contributed by atoms with Gasteiger partial charge in [-0.25, -0.2) is 4.98 Å². The lowest BCUT2D eigenvalue weighted by Gasteiger charge is -2.22. The number of nitrogens with zero attached hydrogens (tertiary/aromatic N) is 2. The fourth-order valence-electron chi connectivity index (χ4n) is 3.04. The van der Waals surface area contributed by atoms with Gasteiger partial charge in [0.05, 0.1) is 6.04 Å². The van der Waals surface area contributed by atoms with Gasteiger partial charge < -0.3 is 9.88 Å². The van der Waals surface area contributed by atoms with Crippen molar-refractivity contribution in [1.29, 1.82) is 0 Å². The van der Waals surface area contributed by atoms with Crippen molar-refractivity contribution in [1.82, 2.24) is 14.9 Å². The van der Waals surface area contributed by atoms with Crippen LogP contribution >= 0.6 is 0 Å². The molecule has 16 heavy (non-hydrogen) atoms. The second kappa shape index (κ2) is 5.00. The molecule has 1 N–H and O–H groups in total. The standard InChI is InChI=1S/C13H23N3/c1-4-10-5-6-11(9-10)12(14-2)13-15-7-8-16(13)3/h7-8,10-12,14H,4-6,9H2,1-3H3. The molecule has 2 rings (SSSR count). The van der Waals surface area contributed by atoms with Crippen LogP contribution < -0.4 is 5.32 Å². The van der Waals surface area contributed by atoms with Crippen LogP contribution in [0.15, 0.2) is 12.4 Å². The summed E-state index contributed by atoms with van der Waals surface area (Å²) in [7, 11) is 4.14. The van der Waals surface area contributed by atoms with Crippen LogP contribution in [-0.2, 0) is 7.05 Å². The fourth-order valence-corrected chi connectivity index (χ4v) is 3.04. The van der Waals surface area contributed by atoms with Crippen LogP contribution in [0.5, 0.6) is 0 Å². The van der Waals surface area contributed by atoms with Gasteiger partial charge in [0.25, 0.3) is 0 Å². The van der Waals surface area contributed by atoms with Gasteiger partial charge in [-0.15, -0.1) is 0 Å². The maximum atomic E-state index is 4.48. The Morgan fingerprint density at radius 3 is 2.88 bits per heavy atom. The Labute approximate surface area is 98.3 Å². The summed E-state index contributed by atoms with van der Waals surface area (Å²) in [5.74, 6) is 2.88. The molecule has 3 nitrogen and oxygen atoms in total. The van der Waals surface area contributed by atoms with Crippen LogP contribution in [-0.4, -0.2) is 16.6 Å². The van der Waals surface area contributed by atoms with Crippen molar-refractivity contribution < 1.29 is 0 Å². The van der Waals surface area contributed by atoms with Gasteiger partial charge in [-0.3, -0.25) is 0 Å². The molecule has 3 unspecified atom stereocenters. The predicted octanol–water partition coefficient (Wildman–Crippen LogP) is 2.51. The summed E-state index contributed by atoms with van der Waals surface area (Å²) < 4.78 is 2.14. The van der Waals surface area contributed by atoms with E-state index < -0.39 is 0 Å². The minimum absolute atomic E-state index is 0.427. The first kappa shape index (κ1) is 11.6. The molecule has 1 saturated carbocycles. The molecule has 0 spiro atoms. The van der Waals surface area contributed by atoms with Crippen molar-refractivity contribution in [2.24, 2.45) is 18.9 Å². The Morgan fingerprint density at radius 1 is 1.56 bits per heavy atom. The molecule has 1 aromatic rings. The molecule has 0 aromatic carbocycles. The lowest BCUT2D eigenvalue weighted by molar-refractivity contribution is 0.353. The number of nitrogens with one attached hydrogen (secondary N) is 1. The van der Waals surface area contributed by atoms with Crippen molar-refractivity contribution in [3.05, 3.63) is 18.2 Å². The van der Waals surface area contributed by atoms with E-state index in [0.717, 1.165) is 11.8 Å². The molecule has 90 valence electrons. The van der Waals surface area contributed by atoms with Gasteiger partial charge in [-0.2, -0.15) is 0 Å². The largest absolute Gasteiger partial charge is 0.337 e. The van der Waals surface area contributed by atoms with Gasteiger partial charge in [0.1, 0.15) is 5.82 Å². The van der Waals surface area contributed by atoms with Crippen LogP contribution in [0.4, 0.5) is 0 Å². The number of imidazole rings is 1. The molecule has 3 atom stereocenters. The number of aryl methyl sites for hydroxylation is 1. The van der Waals surface area contributed by atoms with E-state index in [0.29, 0.717) is 6.04 Å². The number of hydrogen-bond acceptors (Lipinski definition) is 2. The summed E-state index contributed by atoms with van der Waals surface area (Å²) in [6.45, 7) is 2.31. The highest BCUT2D eigenvalue weighted by molar-refractivity contribution is 5.02. The highest BCUT2D eigenvalue weighted by Gasteiger charge is 2.31.